The third kappa shape index (κ3) is 4.50. The molecule has 0 bridgehead atoms. The second-order valence-electron chi connectivity index (χ2n) is 5.50. The number of ether oxygens (including phenoxy) is 1. The molecule has 1 aromatic rings. The van der Waals surface area contributed by atoms with E-state index in [0.29, 0.717) is 13.2 Å². The van der Waals surface area contributed by atoms with E-state index in [0.717, 1.165) is 38.2 Å². The Hall–Kier alpha value is -1.47. The zero-order chi connectivity index (χ0) is 15.1. The van der Waals surface area contributed by atoms with Gasteiger partial charge in [0.2, 0.25) is 5.91 Å². The largest absolute Gasteiger partial charge is 0.385 e. The third-order valence-electron chi connectivity index (χ3n) is 3.94. The smallest absolute Gasteiger partial charge is 0.237 e. The molecule has 0 aliphatic carbocycles. The Bertz CT molecular complexity index is 448. The normalized spacial score (nSPS) is 19.6. The highest BCUT2D eigenvalue weighted by Gasteiger charge is 2.25. The van der Waals surface area contributed by atoms with E-state index in [4.69, 9.17) is 4.74 Å². The van der Waals surface area contributed by atoms with Crippen LogP contribution in [0.5, 0.6) is 0 Å². The minimum absolute atomic E-state index is 0.0105. The van der Waals surface area contributed by atoms with Crippen LogP contribution >= 0.6 is 0 Å². The molecule has 118 valence electrons. The number of piperidine rings is 1. The third-order valence-corrected chi connectivity index (χ3v) is 3.94. The average Bonchev–Trinajstić information content (AvgIpc) is 2.93. The van der Waals surface area contributed by atoms with Gasteiger partial charge < -0.3 is 14.6 Å². The maximum Gasteiger partial charge on any atom is 0.237 e. The minimum atomic E-state index is -0.0105. The van der Waals surface area contributed by atoms with Crippen LogP contribution < -0.4 is 5.32 Å². The van der Waals surface area contributed by atoms with Gasteiger partial charge in [0, 0.05) is 20.3 Å². The summed E-state index contributed by atoms with van der Waals surface area (Å²) in [7, 11) is 3.70. The van der Waals surface area contributed by atoms with E-state index in [1.807, 2.05) is 11.6 Å². The highest BCUT2D eigenvalue weighted by Crippen LogP contribution is 2.15. The quantitative estimate of drug-likeness (QED) is 0.738. The molecule has 1 aliphatic heterocycles. The van der Waals surface area contributed by atoms with Gasteiger partial charge in [-0.2, -0.15) is 0 Å². The number of likely N-dealkylation sites (tertiary alicyclic amines) is 1. The van der Waals surface area contributed by atoms with Crippen molar-refractivity contribution in [2.45, 2.75) is 44.8 Å². The molecular formula is C14H25N5O2. The van der Waals surface area contributed by atoms with Crippen molar-refractivity contribution in [1.82, 2.24) is 25.0 Å². The monoisotopic (exact) mass is 295 g/mol. The first-order valence-corrected chi connectivity index (χ1v) is 7.56. The number of methoxy groups -OCH3 is 1. The topological polar surface area (TPSA) is 72.3 Å². The van der Waals surface area contributed by atoms with Gasteiger partial charge in [-0.1, -0.05) is 6.42 Å². The minimum Gasteiger partial charge on any atom is -0.385 e. The van der Waals surface area contributed by atoms with Gasteiger partial charge in [0.15, 0.2) is 5.82 Å². The molecule has 2 heterocycles. The molecule has 1 N–H and O–H groups in total. The van der Waals surface area contributed by atoms with E-state index >= 15 is 0 Å². The van der Waals surface area contributed by atoms with Crippen LogP contribution in [0.15, 0.2) is 6.33 Å². The van der Waals surface area contributed by atoms with Gasteiger partial charge >= 0.3 is 0 Å². The lowest BCUT2D eigenvalue weighted by atomic mass is 10.0. The van der Waals surface area contributed by atoms with Gasteiger partial charge in [-0.3, -0.25) is 9.69 Å². The summed E-state index contributed by atoms with van der Waals surface area (Å²) < 4.78 is 7.00. The molecule has 1 unspecified atom stereocenters. The second-order valence-corrected chi connectivity index (χ2v) is 5.50. The molecule has 1 atom stereocenters. The van der Waals surface area contributed by atoms with Crippen LogP contribution in [-0.2, 0) is 22.6 Å². The Balaban J connectivity index is 1.82. The van der Waals surface area contributed by atoms with Crippen LogP contribution in [-0.4, -0.2) is 58.9 Å². The molecule has 0 saturated carbocycles. The zero-order valence-corrected chi connectivity index (χ0v) is 12.9. The van der Waals surface area contributed by atoms with E-state index in [1.165, 1.54) is 6.42 Å². The number of hydrogen-bond acceptors (Lipinski definition) is 5. The maximum absolute atomic E-state index is 12.2. The lowest BCUT2D eigenvalue weighted by Gasteiger charge is -2.31. The zero-order valence-electron chi connectivity index (χ0n) is 12.9. The number of likely N-dealkylation sites (N-methyl/N-ethyl adjacent to an activating group) is 1. The van der Waals surface area contributed by atoms with Crippen LogP contribution in [0.1, 0.15) is 31.5 Å². The molecule has 0 spiro atoms. The van der Waals surface area contributed by atoms with Crippen LogP contribution in [0.4, 0.5) is 0 Å². The number of aromatic nitrogens is 3. The molecule has 1 aromatic heterocycles. The molecule has 1 amide bonds. The van der Waals surface area contributed by atoms with Gasteiger partial charge in [-0.15, -0.1) is 10.2 Å². The molecule has 1 aliphatic rings. The number of carbonyl (C=O) groups is 1. The lowest BCUT2D eigenvalue weighted by molar-refractivity contribution is -0.127. The van der Waals surface area contributed by atoms with Crippen molar-refractivity contribution < 1.29 is 9.53 Å². The van der Waals surface area contributed by atoms with Crippen LogP contribution in [0, 0.1) is 0 Å². The summed E-state index contributed by atoms with van der Waals surface area (Å²) in [5.74, 6) is 0.876. The molecule has 7 heteroatoms. The summed E-state index contributed by atoms with van der Waals surface area (Å²) in [6, 6.07) is -0.0105. The standard InChI is InChI=1S/C14H25N5O2/c1-18-7-4-3-6-12(18)14(20)15-10-13-17-16-11-19(13)8-5-9-21-2/h11-12H,3-10H2,1-2H3,(H,15,20). The van der Waals surface area contributed by atoms with E-state index in [2.05, 4.69) is 20.4 Å². The van der Waals surface area contributed by atoms with Gasteiger partial charge in [0.05, 0.1) is 12.6 Å². The van der Waals surface area contributed by atoms with E-state index in [9.17, 15) is 4.79 Å². The SMILES string of the molecule is COCCCn1cnnc1CNC(=O)C1CCCCN1C. The number of carbonyl (C=O) groups excluding carboxylic acids is 1. The van der Waals surface area contributed by atoms with E-state index in [-0.39, 0.29) is 11.9 Å². The number of nitrogens with zero attached hydrogens (tertiary/aromatic N) is 4. The molecule has 7 nitrogen and oxygen atoms in total. The van der Waals surface area contributed by atoms with Crippen LogP contribution in [0.25, 0.3) is 0 Å². The first kappa shape index (κ1) is 15.9. The summed E-state index contributed by atoms with van der Waals surface area (Å²) in [4.78, 5) is 14.4. The average molecular weight is 295 g/mol. The Kier molecular flexibility index (Phi) is 6.13. The van der Waals surface area contributed by atoms with Crippen molar-refractivity contribution in [1.29, 1.82) is 0 Å². The summed E-state index contributed by atoms with van der Waals surface area (Å²) in [5.41, 5.74) is 0. The van der Waals surface area contributed by atoms with Crippen molar-refractivity contribution >= 4 is 5.91 Å². The summed E-state index contributed by atoms with van der Waals surface area (Å²) in [5, 5.41) is 11.0. The predicted molar refractivity (Wildman–Crippen MR) is 78.6 cm³/mol. The van der Waals surface area contributed by atoms with E-state index in [1.54, 1.807) is 13.4 Å². The van der Waals surface area contributed by atoms with Gasteiger partial charge in [-0.05, 0) is 32.9 Å². The van der Waals surface area contributed by atoms with Gasteiger partial charge in [0.1, 0.15) is 6.33 Å². The first-order chi connectivity index (χ1) is 10.2. The van der Waals surface area contributed by atoms with Crippen molar-refractivity contribution in [2.24, 2.45) is 0 Å². The first-order valence-electron chi connectivity index (χ1n) is 7.56. The van der Waals surface area contributed by atoms with Crippen LogP contribution in [0.2, 0.25) is 0 Å². The van der Waals surface area contributed by atoms with Gasteiger partial charge in [0.25, 0.3) is 0 Å². The Morgan fingerprint density at radius 3 is 3.14 bits per heavy atom. The van der Waals surface area contributed by atoms with Gasteiger partial charge in [-0.25, -0.2) is 0 Å². The lowest BCUT2D eigenvalue weighted by Crippen LogP contribution is -2.47. The molecule has 1 saturated heterocycles. The number of amides is 1. The fourth-order valence-corrected chi connectivity index (χ4v) is 2.67. The number of rotatable bonds is 7. The predicted octanol–water partition coefficient (Wildman–Crippen LogP) is 0.415. The Morgan fingerprint density at radius 1 is 1.52 bits per heavy atom. The van der Waals surface area contributed by atoms with E-state index < -0.39 is 0 Å². The molecular weight excluding hydrogens is 270 g/mol. The molecule has 0 aromatic carbocycles. The highest BCUT2D eigenvalue weighted by molar-refractivity contribution is 5.81. The fourth-order valence-electron chi connectivity index (χ4n) is 2.67. The number of nitrogens with one attached hydrogen (secondary N) is 1. The number of aryl methyl sites for hydroxylation is 1. The van der Waals surface area contributed by atoms with Crippen molar-refractivity contribution in [3.8, 4) is 0 Å². The Morgan fingerprint density at radius 2 is 2.38 bits per heavy atom. The van der Waals surface area contributed by atoms with Crippen LogP contribution in [0.3, 0.4) is 0 Å². The maximum atomic E-state index is 12.2. The molecule has 1 fully saturated rings. The summed E-state index contributed by atoms with van der Waals surface area (Å²) in [6.07, 6.45) is 5.83. The Labute approximate surface area is 125 Å². The summed E-state index contributed by atoms with van der Waals surface area (Å²) >= 11 is 0. The second kappa shape index (κ2) is 8.09. The molecule has 21 heavy (non-hydrogen) atoms. The molecule has 2 rings (SSSR count). The number of hydrogen-bond donors (Lipinski definition) is 1. The molecule has 0 radical (unpaired) electrons. The summed E-state index contributed by atoms with van der Waals surface area (Å²) in [6.45, 7) is 2.92. The highest BCUT2D eigenvalue weighted by atomic mass is 16.5. The fraction of sp³-hybridized carbons (Fsp3) is 0.786. The van der Waals surface area contributed by atoms with Crippen molar-refractivity contribution in [2.75, 3.05) is 27.3 Å². The van der Waals surface area contributed by atoms with Crippen molar-refractivity contribution in [3.05, 3.63) is 12.2 Å². The van der Waals surface area contributed by atoms with Crippen molar-refractivity contribution in [3.63, 3.8) is 0 Å².